The number of rotatable bonds is 3. The average molecular weight is 389 g/mol. The Hall–Kier alpha value is -2.16. The van der Waals surface area contributed by atoms with Gasteiger partial charge in [-0.05, 0) is 37.5 Å². The van der Waals surface area contributed by atoms with Gasteiger partial charge in [-0.25, -0.2) is 9.97 Å². The van der Waals surface area contributed by atoms with E-state index in [9.17, 15) is 0 Å². The van der Waals surface area contributed by atoms with Gasteiger partial charge < -0.3 is 21.7 Å². The number of halogens is 1. The highest BCUT2D eigenvalue weighted by molar-refractivity contribution is 6.34. The van der Waals surface area contributed by atoms with E-state index in [0.717, 1.165) is 37.3 Å². The second kappa shape index (κ2) is 6.78. The van der Waals surface area contributed by atoms with E-state index in [2.05, 4.69) is 39.2 Å². The van der Waals surface area contributed by atoms with Crippen molar-refractivity contribution >= 4 is 34.2 Å². The van der Waals surface area contributed by atoms with Gasteiger partial charge in [-0.3, -0.25) is 5.10 Å². The average Bonchev–Trinajstić information content (AvgIpc) is 3.07. The van der Waals surface area contributed by atoms with Crippen LogP contribution < -0.4 is 21.7 Å². The van der Waals surface area contributed by atoms with Crippen LogP contribution in [0.1, 0.15) is 32.4 Å². The molecule has 4 heterocycles. The molecule has 2 aliphatic heterocycles. The Bertz CT molecular complexity index is 907. The van der Waals surface area contributed by atoms with Gasteiger partial charge in [-0.15, -0.1) is 0 Å². The largest absolute Gasteiger partial charge is 0.371 e. The molecule has 2 aliphatic rings. The maximum Gasteiger partial charge on any atom is 0.177 e. The first kappa shape index (κ1) is 18.2. The van der Waals surface area contributed by atoms with E-state index in [-0.39, 0.29) is 11.5 Å². The summed E-state index contributed by atoms with van der Waals surface area (Å²) in [6.07, 6.45) is 7.04. The molecule has 0 aromatic carbocycles. The second-order valence-corrected chi connectivity index (χ2v) is 8.07. The number of allylic oxidation sites excluding steroid dienone is 2. The third-order valence-electron chi connectivity index (χ3n) is 5.90. The summed E-state index contributed by atoms with van der Waals surface area (Å²) in [5, 5.41) is 10.8. The SMILES string of the molecule is CC(N)C1(C)CCN(c2cnc3c(C4=C(Cl)C(N)NC=C4)n[nH]c3n2)CC1. The molecule has 2 atom stereocenters. The van der Waals surface area contributed by atoms with Crippen molar-refractivity contribution in [1.82, 2.24) is 25.5 Å². The lowest BCUT2D eigenvalue weighted by Gasteiger charge is -2.42. The molecule has 4 rings (SSSR count). The quantitative estimate of drug-likeness (QED) is 0.630. The Labute approximate surface area is 163 Å². The van der Waals surface area contributed by atoms with Gasteiger partial charge in [-0.1, -0.05) is 18.5 Å². The van der Waals surface area contributed by atoms with Crippen molar-refractivity contribution in [2.45, 2.75) is 38.9 Å². The van der Waals surface area contributed by atoms with Crippen LogP contribution in [0.3, 0.4) is 0 Å². The number of hydrogen-bond donors (Lipinski definition) is 4. The number of fused-ring (bicyclic) bond motifs is 1. The molecule has 0 bridgehead atoms. The number of nitrogens with one attached hydrogen (secondary N) is 2. The van der Waals surface area contributed by atoms with Crippen LogP contribution in [0, 0.1) is 5.41 Å². The van der Waals surface area contributed by atoms with E-state index in [1.807, 2.05) is 6.08 Å². The van der Waals surface area contributed by atoms with E-state index in [4.69, 9.17) is 28.1 Å². The monoisotopic (exact) mass is 388 g/mol. The minimum atomic E-state index is -0.446. The van der Waals surface area contributed by atoms with Crippen molar-refractivity contribution < 1.29 is 0 Å². The van der Waals surface area contributed by atoms with Crippen molar-refractivity contribution in [3.05, 3.63) is 29.2 Å². The van der Waals surface area contributed by atoms with Gasteiger partial charge in [0, 0.05) is 24.7 Å². The fourth-order valence-electron chi connectivity index (χ4n) is 3.58. The number of piperidine rings is 1. The fourth-order valence-corrected chi connectivity index (χ4v) is 3.80. The normalized spacial score (nSPS) is 23.6. The second-order valence-electron chi connectivity index (χ2n) is 7.67. The van der Waals surface area contributed by atoms with Crippen LogP contribution in [0.4, 0.5) is 5.82 Å². The Morgan fingerprint density at radius 3 is 2.81 bits per heavy atom. The van der Waals surface area contributed by atoms with Crippen molar-refractivity contribution in [3.8, 4) is 0 Å². The molecular formula is C18H25ClN8. The number of anilines is 1. The van der Waals surface area contributed by atoms with E-state index >= 15 is 0 Å². The van der Waals surface area contributed by atoms with Gasteiger partial charge in [0.1, 0.15) is 23.2 Å². The standard InChI is InChI=1S/C18H25ClN8/c1-10(20)18(2)4-7-27(8-5-18)12-9-23-15-14(25-26-17(15)24-12)11-3-6-22-16(21)13(11)19/h3,6,9-10,16,22H,4-5,7-8,20-21H2,1-2H3,(H,24,25,26). The zero-order valence-corrected chi connectivity index (χ0v) is 16.3. The zero-order chi connectivity index (χ0) is 19.2. The maximum atomic E-state index is 6.35. The van der Waals surface area contributed by atoms with E-state index < -0.39 is 6.17 Å². The van der Waals surface area contributed by atoms with E-state index in [1.165, 1.54) is 0 Å². The molecule has 8 nitrogen and oxygen atoms in total. The zero-order valence-electron chi connectivity index (χ0n) is 15.5. The number of dihydropyridines is 1. The summed E-state index contributed by atoms with van der Waals surface area (Å²) in [7, 11) is 0. The Balaban J connectivity index is 1.61. The van der Waals surface area contributed by atoms with Crippen molar-refractivity contribution in [3.63, 3.8) is 0 Å². The summed E-state index contributed by atoms with van der Waals surface area (Å²) in [6, 6.07) is 0.186. The number of nitrogens with two attached hydrogens (primary N) is 2. The third-order valence-corrected chi connectivity index (χ3v) is 6.34. The molecule has 2 aromatic rings. The van der Waals surface area contributed by atoms with Crippen LogP contribution in [-0.2, 0) is 0 Å². The van der Waals surface area contributed by atoms with Crippen molar-refractivity contribution in [2.75, 3.05) is 18.0 Å². The van der Waals surface area contributed by atoms with Crippen molar-refractivity contribution in [2.24, 2.45) is 16.9 Å². The third kappa shape index (κ3) is 3.18. The lowest BCUT2D eigenvalue weighted by Crippen LogP contribution is -2.47. The van der Waals surface area contributed by atoms with Crippen LogP contribution in [0.25, 0.3) is 16.7 Å². The molecule has 0 spiro atoms. The number of H-pyrrole nitrogens is 1. The molecule has 1 saturated heterocycles. The number of nitrogens with zero attached hydrogens (tertiary/aromatic N) is 4. The smallest absolute Gasteiger partial charge is 0.177 e. The van der Waals surface area contributed by atoms with Gasteiger partial charge in [0.25, 0.3) is 0 Å². The summed E-state index contributed by atoms with van der Waals surface area (Å²) >= 11 is 6.35. The van der Waals surface area contributed by atoms with Gasteiger partial charge in [0.2, 0.25) is 0 Å². The molecule has 0 aliphatic carbocycles. The topological polar surface area (TPSA) is 122 Å². The molecule has 0 saturated carbocycles. The van der Waals surface area contributed by atoms with Crippen LogP contribution in [0.5, 0.6) is 0 Å². The van der Waals surface area contributed by atoms with Crippen LogP contribution >= 0.6 is 11.6 Å². The predicted octanol–water partition coefficient (Wildman–Crippen LogP) is 1.66. The number of aromatic nitrogens is 4. The summed E-state index contributed by atoms with van der Waals surface area (Å²) in [4.78, 5) is 11.6. The maximum absolute atomic E-state index is 6.35. The predicted molar refractivity (Wildman–Crippen MR) is 108 cm³/mol. The summed E-state index contributed by atoms with van der Waals surface area (Å²) in [5.74, 6) is 0.849. The molecule has 0 amide bonds. The molecule has 6 N–H and O–H groups in total. The van der Waals surface area contributed by atoms with E-state index in [1.54, 1.807) is 12.4 Å². The number of aromatic amines is 1. The minimum Gasteiger partial charge on any atom is -0.371 e. The highest BCUT2D eigenvalue weighted by Gasteiger charge is 2.34. The summed E-state index contributed by atoms with van der Waals surface area (Å²) in [5.41, 5.74) is 15.0. The lowest BCUT2D eigenvalue weighted by atomic mass is 9.75. The van der Waals surface area contributed by atoms with Crippen LogP contribution in [-0.4, -0.2) is 45.5 Å². The van der Waals surface area contributed by atoms with Gasteiger partial charge in [-0.2, -0.15) is 5.10 Å². The van der Waals surface area contributed by atoms with E-state index in [0.29, 0.717) is 21.9 Å². The molecule has 1 fully saturated rings. The first-order valence-electron chi connectivity index (χ1n) is 9.19. The lowest BCUT2D eigenvalue weighted by molar-refractivity contribution is 0.205. The fraction of sp³-hybridized carbons (Fsp3) is 0.500. The molecular weight excluding hydrogens is 364 g/mol. The first-order valence-corrected chi connectivity index (χ1v) is 9.57. The molecule has 2 unspecified atom stereocenters. The highest BCUT2D eigenvalue weighted by atomic mass is 35.5. The minimum absolute atomic E-state index is 0.179. The molecule has 144 valence electrons. The molecule has 0 radical (unpaired) electrons. The first-order chi connectivity index (χ1) is 12.9. The summed E-state index contributed by atoms with van der Waals surface area (Å²) < 4.78 is 0. The van der Waals surface area contributed by atoms with Crippen molar-refractivity contribution in [1.29, 1.82) is 0 Å². The van der Waals surface area contributed by atoms with Gasteiger partial charge in [0.15, 0.2) is 5.65 Å². The molecule has 2 aromatic heterocycles. The Morgan fingerprint density at radius 2 is 2.11 bits per heavy atom. The number of hydrogen-bond acceptors (Lipinski definition) is 7. The van der Waals surface area contributed by atoms with Gasteiger partial charge in [0.05, 0.1) is 11.2 Å². The van der Waals surface area contributed by atoms with Crippen LogP contribution in [0.15, 0.2) is 23.5 Å². The van der Waals surface area contributed by atoms with Crippen LogP contribution in [0.2, 0.25) is 0 Å². The molecule has 9 heteroatoms. The Kier molecular flexibility index (Phi) is 4.57. The van der Waals surface area contributed by atoms with Gasteiger partial charge >= 0.3 is 0 Å². The Morgan fingerprint density at radius 1 is 1.37 bits per heavy atom. The highest BCUT2D eigenvalue weighted by Crippen LogP contribution is 2.35. The molecule has 27 heavy (non-hydrogen) atoms. The summed E-state index contributed by atoms with van der Waals surface area (Å²) in [6.45, 7) is 6.19.